The molecule has 0 aliphatic rings. The van der Waals surface area contributed by atoms with Crippen LogP contribution in [0.15, 0.2) is 28.3 Å². The summed E-state index contributed by atoms with van der Waals surface area (Å²) >= 11 is 1.28. The maximum atomic E-state index is 12.5. The highest BCUT2D eigenvalue weighted by molar-refractivity contribution is 7.91. The predicted molar refractivity (Wildman–Crippen MR) is 85.5 cm³/mol. The van der Waals surface area contributed by atoms with Gasteiger partial charge in [0.1, 0.15) is 4.21 Å². The van der Waals surface area contributed by atoms with Gasteiger partial charge in [-0.1, -0.05) is 26.8 Å². The normalized spacial score (nSPS) is 12.2. The fourth-order valence-corrected chi connectivity index (χ4v) is 4.60. The summed E-state index contributed by atoms with van der Waals surface area (Å²) in [5, 5.41) is 5.19. The van der Waals surface area contributed by atoms with Crippen molar-refractivity contribution >= 4 is 21.4 Å². The van der Waals surface area contributed by atoms with Crippen molar-refractivity contribution < 1.29 is 8.42 Å². The fraction of sp³-hybridized carbons (Fsp3) is 0.571. The maximum absolute atomic E-state index is 12.5. The predicted octanol–water partition coefficient (Wildman–Crippen LogP) is 2.83. The van der Waals surface area contributed by atoms with Crippen LogP contribution in [0.3, 0.4) is 0 Å². The van der Waals surface area contributed by atoms with Gasteiger partial charge in [-0.3, -0.25) is 0 Å². The molecule has 0 saturated heterocycles. The number of hydrogen-bond acceptors (Lipinski definition) is 4. The summed E-state index contributed by atoms with van der Waals surface area (Å²) in [7, 11) is -3.39. The summed E-state index contributed by atoms with van der Waals surface area (Å²) in [5.74, 6) is 0. The van der Waals surface area contributed by atoms with Crippen molar-refractivity contribution in [1.82, 2.24) is 9.62 Å². The van der Waals surface area contributed by atoms with E-state index < -0.39 is 10.0 Å². The molecule has 6 heteroatoms. The Kier molecular flexibility index (Phi) is 6.88. The molecule has 0 atom stereocenters. The number of nitrogens with one attached hydrogen (secondary N) is 1. The first-order valence-corrected chi connectivity index (χ1v) is 9.15. The van der Waals surface area contributed by atoms with Gasteiger partial charge in [0, 0.05) is 25.7 Å². The molecule has 0 aliphatic heterocycles. The summed E-state index contributed by atoms with van der Waals surface area (Å²) < 4.78 is 27.0. The minimum absolute atomic E-state index is 0.355. The summed E-state index contributed by atoms with van der Waals surface area (Å²) in [6, 6.07) is 2.15. The molecule has 1 N–H and O–H groups in total. The van der Waals surface area contributed by atoms with Crippen LogP contribution in [0.5, 0.6) is 0 Å². The van der Waals surface area contributed by atoms with Crippen LogP contribution >= 0.6 is 11.3 Å². The Labute approximate surface area is 126 Å². The molecule has 0 aliphatic carbocycles. The van der Waals surface area contributed by atoms with Crippen LogP contribution in [0.25, 0.3) is 0 Å². The molecular formula is C14H24N2O2S2. The third kappa shape index (κ3) is 4.70. The topological polar surface area (TPSA) is 49.4 Å². The van der Waals surface area contributed by atoms with E-state index >= 15 is 0 Å². The van der Waals surface area contributed by atoms with Gasteiger partial charge in [0.2, 0.25) is 0 Å². The van der Waals surface area contributed by atoms with Gasteiger partial charge in [-0.25, -0.2) is 8.42 Å². The summed E-state index contributed by atoms with van der Waals surface area (Å²) in [6.45, 7) is 11.3. The number of hydrogen-bond donors (Lipinski definition) is 1. The van der Waals surface area contributed by atoms with Gasteiger partial charge in [0.05, 0.1) is 0 Å². The van der Waals surface area contributed by atoms with Gasteiger partial charge in [-0.05, 0) is 23.4 Å². The highest BCUT2D eigenvalue weighted by Gasteiger charge is 2.24. The highest BCUT2D eigenvalue weighted by atomic mass is 32.2. The Morgan fingerprint density at radius 1 is 1.50 bits per heavy atom. The summed E-state index contributed by atoms with van der Waals surface area (Å²) in [6.07, 6.45) is 2.42. The van der Waals surface area contributed by atoms with Crippen LogP contribution in [-0.4, -0.2) is 31.9 Å². The number of rotatable bonds is 9. The molecule has 114 valence electrons. The Hall–Kier alpha value is -0.690. The van der Waals surface area contributed by atoms with Crippen molar-refractivity contribution in [2.24, 2.45) is 0 Å². The van der Waals surface area contributed by atoms with E-state index in [1.165, 1.54) is 15.6 Å². The Balaban J connectivity index is 2.88. The van der Waals surface area contributed by atoms with E-state index in [1.54, 1.807) is 12.1 Å². The second-order valence-electron chi connectivity index (χ2n) is 4.96. The molecule has 0 fully saturated rings. The highest BCUT2D eigenvalue weighted by Crippen LogP contribution is 2.24. The number of sulfonamides is 1. The largest absolute Gasteiger partial charge is 0.310 e. The van der Waals surface area contributed by atoms with Gasteiger partial charge in [-0.2, -0.15) is 4.31 Å². The molecule has 1 aromatic heterocycles. The third-order valence-corrected chi connectivity index (χ3v) is 6.07. The first kappa shape index (κ1) is 17.4. The van der Waals surface area contributed by atoms with Crippen LogP contribution in [0, 0.1) is 0 Å². The maximum Gasteiger partial charge on any atom is 0.252 e. The minimum Gasteiger partial charge on any atom is -0.310 e. The molecule has 1 aromatic rings. The molecule has 4 nitrogen and oxygen atoms in total. The van der Waals surface area contributed by atoms with Gasteiger partial charge >= 0.3 is 0 Å². The lowest BCUT2D eigenvalue weighted by Gasteiger charge is -2.18. The van der Waals surface area contributed by atoms with Crippen LogP contribution in [0.2, 0.25) is 0 Å². The molecule has 0 spiro atoms. The molecule has 0 unspecified atom stereocenters. The van der Waals surface area contributed by atoms with Crippen molar-refractivity contribution in [2.45, 2.75) is 44.0 Å². The van der Waals surface area contributed by atoms with Crippen LogP contribution in [0.1, 0.15) is 32.8 Å². The average molecular weight is 316 g/mol. The smallest absolute Gasteiger partial charge is 0.252 e. The van der Waals surface area contributed by atoms with E-state index in [-0.39, 0.29) is 0 Å². The molecule has 0 aromatic carbocycles. The van der Waals surface area contributed by atoms with E-state index in [4.69, 9.17) is 0 Å². The lowest BCUT2D eigenvalue weighted by molar-refractivity contribution is 0.443. The second kappa shape index (κ2) is 7.93. The zero-order valence-electron chi connectivity index (χ0n) is 12.4. The third-order valence-electron chi connectivity index (χ3n) is 2.74. The van der Waals surface area contributed by atoms with E-state index in [1.807, 2.05) is 12.3 Å². The van der Waals surface area contributed by atoms with Crippen molar-refractivity contribution in [3.8, 4) is 0 Å². The SMILES string of the molecule is C=CCN(CCC)S(=O)(=O)c1cc(CNC(C)C)cs1. The van der Waals surface area contributed by atoms with E-state index in [0.717, 1.165) is 12.0 Å². The molecule has 0 bridgehead atoms. The first-order chi connectivity index (χ1) is 9.41. The lowest BCUT2D eigenvalue weighted by Crippen LogP contribution is -2.31. The zero-order valence-corrected chi connectivity index (χ0v) is 14.1. The van der Waals surface area contributed by atoms with E-state index in [2.05, 4.69) is 25.7 Å². The average Bonchev–Trinajstić information content (AvgIpc) is 2.85. The Bertz CT molecular complexity index is 521. The zero-order chi connectivity index (χ0) is 15.2. The van der Waals surface area contributed by atoms with Gasteiger partial charge < -0.3 is 5.32 Å². The van der Waals surface area contributed by atoms with Crippen molar-refractivity contribution in [3.05, 3.63) is 29.7 Å². The van der Waals surface area contributed by atoms with Crippen LogP contribution in [-0.2, 0) is 16.6 Å². The van der Waals surface area contributed by atoms with Gasteiger partial charge in [0.15, 0.2) is 0 Å². The van der Waals surface area contributed by atoms with Crippen molar-refractivity contribution in [1.29, 1.82) is 0 Å². The van der Waals surface area contributed by atoms with Gasteiger partial charge in [0.25, 0.3) is 10.0 Å². The van der Waals surface area contributed by atoms with Gasteiger partial charge in [-0.15, -0.1) is 17.9 Å². The van der Waals surface area contributed by atoms with Crippen molar-refractivity contribution in [3.63, 3.8) is 0 Å². The van der Waals surface area contributed by atoms with E-state index in [0.29, 0.717) is 29.9 Å². The Morgan fingerprint density at radius 2 is 2.20 bits per heavy atom. The molecule has 20 heavy (non-hydrogen) atoms. The van der Waals surface area contributed by atoms with Crippen LogP contribution < -0.4 is 5.32 Å². The van der Waals surface area contributed by atoms with Crippen LogP contribution in [0.4, 0.5) is 0 Å². The molecule has 1 heterocycles. The Morgan fingerprint density at radius 3 is 2.75 bits per heavy atom. The number of nitrogens with zero attached hydrogens (tertiary/aromatic N) is 1. The molecule has 0 amide bonds. The monoisotopic (exact) mass is 316 g/mol. The summed E-state index contributed by atoms with van der Waals surface area (Å²) in [5.41, 5.74) is 1.01. The standard InChI is InChI=1S/C14H24N2O2S2/c1-5-7-16(8-6-2)20(17,18)14-9-13(11-19-14)10-15-12(3)4/h5,9,11-12,15H,1,6-8,10H2,2-4H3. The van der Waals surface area contributed by atoms with Crippen molar-refractivity contribution in [2.75, 3.05) is 13.1 Å². The van der Waals surface area contributed by atoms with E-state index in [9.17, 15) is 8.42 Å². The molecule has 0 radical (unpaired) electrons. The quantitative estimate of drug-likeness (QED) is 0.713. The minimum atomic E-state index is -3.39. The first-order valence-electron chi connectivity index (χ1n) is 6.83. The lowest BCUT2D eigenvalue weighted by atomic mass is 10.3. The fourth-order valence-electron chi connectivity index (χ4n) is 1.73. The molecule has 0 saturated carbocycles. The number of thiophene rings is 1. The second-order valence-corrected chi connectivity index (χ2v) is 8.04. The molecule has 1 rings (SSSR count). The summed E-state index contributed by atoms with van der Waals surface area (Å²) in [4.78, 5) is 0. The molecular weight excluding hydrogens is 292 g/mol.